The molecule has 0 aromatic heterocycles. The second-order valence-corrected chi connectivity index (χ2v) is 8.16. The number of methoxy groups -OCH3 is 2. The molecule has 186 valence electrons. The number of ether oxygens (including phenoxy) is 5. The topological polar surface area (TPSA) is 168 Å². The smallest absolute Gasteiger partial charge is 0.229 e. The van der Waals surface area contributed by atoms with Crippen molar-refractivity contribution >= 4 is 0 Å². The molecule has 0 saturated carbocycles. The van der Waals surface area contributed by atoms with Gasteiger partial charge in [-0.2, -0.15) is 0 Å². The van der Waals surface area contributed by atoms with Crippen LogP contribution in [0.25, 0.3) is 0 Å². The molecule has 2 heterocycles. The summed E-state index contributed by atoms with van der Waals surface area (Å²) in [5.74, 6) is 1.06. The number of phenols is 1. The van der Waals surface area contributed by atoms with Crippen molar-refractivity contribution in [3.05, 3.63) is 41.5 Å². The van der Waals surface area contributed by atoms with Gasteiger partial charge in [-0.25, -0.2) is 0 Å². The fourth-order valence-corrected chi connectivity index (χ4v) is 4.14. The number of aliphatic hydroxyl groups is 5. The number of aliphatic hydroxyl groups excluding tert-OH is 5. The monoisotopic (exact) mass is 480 g/mol. The highest BCUT2D eigenvalue weighted by molar-refractivity contribution is 5.53. The molecule has 0 bridgehead atoms. The first kappa shape index (κ1) is 24.3. The van der Waals surface area contributed by atoms with Gasteiger partial charge in [-0.1, -0.05) is 6.07 Å². The lowest BCUT2D eigenvalue weighted by atomic mass is 9.93. The van der Waals surface area contributed by atoms with E-state index in [4.69, 9.17) is 23.7 Å². The van der Waals surface area contributed by atoms with Gasteiger partial charge in [0.25, 0.3) is 0 Å². The van der Waals surface area contributed by atoms with Crippen molar-refractivity contribution in [1.29, 1.82) is 0 Å². The van der Waals surface area contributed by atoms with Gasteiger partial charge in [0.2, 0.25) is 6.29 Å². The second-order valence-electron chi connectivity index (χ2n) is 8.16. The van der Waals surface area contributed by atoms with Crippen LogP contribution < -0.4 is 18.9 Å². The van der Waals surface area contributed by atoms with Crippen molar-refractivity contribution in [2.45, 2.75) is 49.3 Å². The molecule has 7 atom stereocenters. The Balaban J connectivity index is 1.62. The van der Waals surface area contributed by atoms with E-state index in [1.807, 2.05) is 0 Å². The van der Waals surface area contributed by atoms with Crippen molar-refractivity contribution < 1.29 is 54.3 Å². The highest BCUT2D eigenvalue weighted by Gasteiger charge is 2.45. The van der Waals surface area contributed by atoms with Gasteiger partial charge in [0, 0.05) is 24.1 Å². The summed E-state index contributed by atoms with van der Waals surface area (Å²) in [6, 6.07) is 7.66. The van der Waals surface area contributed by atoms with Gasteiger partial charge < -0.3 is 54.3 Å². The normalized spacial score (nSPS) is 30.7. The molecule has 11 nitrogen and oxygen atoms in total. The van der Waals surface area contributed by atoms with Crippen LogP contribution in [0.2, 0.25) is 0 Å². The molecule has 2 aromatic carbocycles. The minimum atomic E-state index is -1.59. The van der Waals surface area contributed by atoms with Crippen LogP contribution >= 0.6 is 0 Å². The number of hydrogen-bond acceptors (Lipinski definition) is 11. The van der Waals surface area contributed by atoms with Crippen LogP contribution in [0.1, 0.15) is 17.2 Å². The van der Waals surface area contributed by atoms with Gasteiger partial charge in [-0.3, -0.25) is 0 Å². The molecule has 1 saturated heterocycles. The summed E-state index contributed by atoms with van der Waals surface area (Å²) in [7, 11) is 2.86. The SMILES string of the molecule is COc1cc([C@H]2Oc3cc(O[C@@H]4O[C@H](CO)[C@@H](O)[C@H](O)[C@H]4O)cc(OC)c3C[C@@H]2O)ccc1O. The molecule has 2 aliphatic heterocycles. The van der Waals surface area contributed by atoms with Gasteiger partial charge in [0.15, 0.2) is 11.5 Å². The maximum atomic E-state index is 10.8. The Morgan fingerprint density at radius 2 is 1.68 bits per heavy atom. The van der Waals surface area contributed by atoms with E-state index in [-0.39, 0.29) is 23.7 Å². The van der Waals surface area contributed by atoms with E-state index in [1.165, 1.54) is 32.4 Å². The molecule has 34 heavy (non-hydrogen) atoms. The molecule has 0 unspecified atom stereocenters. The van der Waals surface area contributed by atoms with Crippen molar-refractivity contribution in [3.8, 4) is 28.7 Å². The fourth-order valence-electron chi connectivity index (χ4n) is 4.14. The number of aromatic hydroxyl groups is 1. The highest BCUT2D eigenvalue weighted by Crippen LogP contribution is 2.44. The standard InChI is InChI=1S/C23H28O11/c1-30-15-6-11(32-23-21(29)20(28)19(27)18(9-24)34-23)7-16-12(15)8-14(26)22(33-16)10-3-4-13(25)17(5-10)31-2/h3-7,14,18-29H,8-9H2,1-2H3/t14-,18+,19+,20-,21+,22+,23+/m0/s1. The number of hydrogen-bond donors (Lipinski definition) is 6. The van der Waals surface area contributed by atoms with E-state index in [1.54, 1.807) is 12.1 Å². The molecule has 6 N–H and O–H groups in total. The summed E-state index contributed by atoms with van der Waals surface area (Å²) >= 11 is 0. The van der Waals surface area contributed by atoms with Crippen molar-refractivity contribution in [3.63, 3.8) is 0 Å². The second kappa shape index (κ2) is 9.82. The molecule has 2 aromatic rings. The summed E-state index contributed by atoms with van der Waals surface area (Å²) in [5.41, 5.74) is 1.17. The van der Waals surface area contributed by atoms with E-state index in [0.717, 1.165) is 0 Å². The molecule has 1 fully saturated rings. The number of fused-ring (bicyclic) bond motifs is 1. The Hall–Kier alpha value is -2.80. The Kier molecular flexibility index (Phi) is 7.03. The Bertz CT molecular complexity index is 1010. The van der Waals surface area contributed by atoms with Gasteiger partial charge in [0.05, 0.1) is 26.9 Å². The fraction of sp³-hybridized carbons (Fsp3) is 0.478. The van der Waals surface area contributed by atoms with Crippen LogP contribution in [0.5, 0.6) is 28.7 Å². The highest BCUT2D eigenvalue weighted by atomic mass is 16.7. The average molecular weight is 480 g/mol. The lowest BCUT2D eigenvalue weighted by molar-refractivity contribution is -0.277. The minimum Gasteiger partial charge on any atom is -0.504 e. The lowest BCUT2D eigenvalue weighted by Crippen LogP contribution is -2.60. The van der Waals surface area contributed by atoms with Crippen molar-refractivity contribution in [2.24, 2.45) is 0 Å². The summed E-state index contributed by atoms with van der Waals surface area (Å²) in [6.07, 6.45) is -8.69. The number of benzene rings is 2. The molecule has 0 aliphatic carbocycles. The summed E-state index contributed by atoms with van der Waals surface area (Å²) in [4.78, 5) is 0. The summed E-state index contributed by atoms with van der Waals surface area (Å²) in [5, 5.41) is 60.3. The molecular formula is C23H28O11. The van der Waals surface area contributed by atoms with Crippen LogP contribution in [0.3, 0.4) is 0 Å². The quantitative estimate of drug-likeness (QED) is 0.319. The van der Waals surface area contributed by atoms with Crippen LogP contribution in [-0.2, 0) is 11.2 Å². The van der Waals surface area contributed by atoms with E-state index in [2.05, 4.69) is 0 Å². The van der Waals surface area contributed by atoms with Gasteiger partial charge in [0.1, 0.15) is 47.8 Å². The maximum absolute atomic E-state index is 10.8. The zero-order valence-electron chi connectivity index (χ0n) is 18.6. The van der Waals surface area contributed by atoms with Gasteiger partial charge >= 0.3 is 0 Å². The van der Waals surface area contributed by atoms with Gasteiger partial charge in [-0.05, 0) is 17.7 Å². The number of rotatable bonds is 6. The predicted molar refractivity (Wildman–Crippen MR) is 115 cm³/mol. The van der Waals surface area contributed by atoms with E-state index in [9.17, 15) is 30.6 Å². The van der Waals surface area contributed by atoms with Gasteiger partial charge in [-0.15, -0.1) is 0 Å². The van der Waals surface area contributed by atoms with Crippen LogP contribution in [0.4, 0.5) is 0 Å². The Labute approximate surface area is 195 Å². The molecule has 0 spiro atoms. The van der Waals surface area contributed by atoms with Crippen molar-refractivity contribution in [1.82, 2.24) is 0 Å². The zero-order chi connectivity index (χ0) is 24.6. The summed E-state index contributed by atoms with van der Waals surface area (Å²) in [6.45, 7) is -0.586. The van der Waals surface area contributed by atoms with Crippen LogP contribution in [0, 0.1) is 0 Å². The third kappa shape index (κ3) is 4.45. The third-order valence-corrected chi connectivity index (χ3v) is 6.01. The Morgan fingerprint density at radius 1 is 0.941 bits per heavy atom. The van der Waals surface area contributed by atoms with Crippen LogP contribution in [0.15, 0.2) is 30.3 Å². The van der Waals surface area contributed by atoms with Crippen LogP contribution in [-0.4, -0.2) is 88.3 Å². The first-order valence-corrected chi connectivity index (χ1v) is 10.7. The molecule has 0 amide bonds. The van der Waals surface area contributed by atoms with E-state index in [0.29, 0.717) is 22.6 Å². The zero-order valence-corrected chi connectivity index (χ0v) is 18.6. The summed E-state index contributed by atoms with van der Waals surface area (Å²) < 4.78 is 27.8. The lowest BCUT2D eigenvalue weighted by Gasteiger charge is -2.39. The van der Waals surface area contributed by atoms with E-state index < -0.39 is 49.5 Å². The first-order chi connectivity index (χ1) is 16.3. The molecule has 0 radical (unpaired) electrons. The van der Waals surface area contributed by atoms with Crippen molar-refractivity contribution in [2.75, 3.05) is 20.8 Å². The molecule has 11 heteroatoms. The van der Waals surface area contributed by atoms with E-state index >= 15 is 0 Å². The number of phenolic OH excluding ortho intramolecular Hbond substituents is 1. The predicted octanol–water partition coefficient (Wildman–Crippen LogP) is -0.375. The minimum absolute atomic E-state index is 0.0474. The average Bonchev–Trinajstić information content (AvgIpc) is 2.84. The maximum Gasteiger partial charge on any atom is 0.229 e. The third-order valence-electron chi connectivity index (χ3n) is 6.01. The molecule has 4 rings (SSSR count). The Morgan fingerprint density at radius 3 is 2.35 bits per heavy atom. The molecule has 2 aliphatic rings. The molecular weight excluding hydrogens is 452 g/mol. The first-order valence-electron chi connectivity index (χ1n) is 10.7. The largest absolute Gasteiger partial charge is 0.504 e.